The van der Waals surface area contributed by atoms with Crippen LogP contribution < -0.4 is 0 Å². The summed E-state index contributed by atoms with van der Waals surface area (Å²) in [7, 11) is 0. The molecule has 0 amide bonds. The number of para-hydroxylation sites is 2. The van der Waals surface area contributed by atoms with E-state index >= 15 is 0 Å². The maximum atomic E-state index is 12.1. The van der Waals surface area contributed by atoms with Gasteiger partial charge in [-0.2, -0.15) is 0 Å². The smallest absolute Gasteiger partial charge is 0.169 e. The van der Waals surface area contributed by atoms with E-state index in [1.807, 2.05) is 39.0 Å². The zero-order chi connectivity index (χ0) is 15.5. The Hall–Kier alpha value is -1.29. The van der Waals surface area contributed by atoms with Crippen LogP contribution in [0.25, 0.3) is 11.0 Å². The summed E-state index contributed by atoms with van der Waals surface area (Å²) in [6, 6.07) is 8.19. The van der Waals surface area contributed by atoms with E-state index in [-0.39, 0.29) is 11.2 Å². The predicted octanol–water partition coefficient (Wildman–Crippen LogP) is 4.54. The summed E-state index contributed by atoms with van der Waals surface area (Å²) >= 11 is 1.56. The number of carbonyl (C=O) groups excluding carboxylic acids is 1. The molecule has 21 heavy (non-hydrogen) atoms. The van der Waals surface area contributed by atoms with Gasteiger partial charge in [-0.25, -0.2) is 4.98 Å². The molecule has 4 heteroatoms. The minimum absolute atomic E-state index is 0.265. The molecule has 0 bridgehead atoms. The van der Waals surface area contributed by atoms with Crippen molar-refractivity contribution < 1.29 is 4.79 Å². The molecule has 0 aliphatic carbocycles. The number of benzene rings is 1. The van der Waals surface area contributed by atoms with Crippen LogP contribution in [0.5, 0.6) is 0 Å². The lowest BCUT2D eigenvalue weighted by Crippen LogP contribution is -2.22. The number of thioether (sulfide) groups is 1. The number of hydrogen-bond donors (Lipinski definition) is 0. The van der Waals surface area contributed by atoms with Gasteiger partial charge in [0.1, 0.15) is 5.78 Å². The second kappa shape index (κ2) is 6.65. The first-order valence-corrected chi connectivity index (χ1v) is 8.53. The molecule has 2 rings (SSSR count). The Bertz CT molecular complexity index is 625. The van der Waals surface area contributed by atoms with Crippen LogP contribution in [-0.4, -0.2) is 21.1 Å². The summed E-state index contributed by atoms with van der Waals surface area (Å²) < 4.78 is 2.25. The summed E-state index contributed by atoms with van der Waals surface area (Å²) in [6.45, 7) is 9.06. The number of nitrogens with zero attached hydrogens (tertiary/aromatic N) is 2. The molecular weight excluding hydrogens is 280 g/mol. The van der Waals surface area contributed by atoms with E-state index in [9.17, 15) is 4.79 Å². The minimum Gasteiger partial charge on any atom is -0.319 e. The highest BCUT2D eigenvalue weighted by Gasteiger charge is 2.22. The molecule has 0 radical (unpaired) electrons. The summed E-state index contributed by atoms with van der Waals surface area (Å²) in [5.74, 6) is 0.750. The van der Waals surface area contributed by atoms with E-state index < -0.39 is 0 Å². The Morgan fingerprint density at radius 2 is 2.00 bits per heavy atom. The van der Waals surface area contributed by atoms with Crippen molar-refractivity contribution in [3.8, 4) is 0 Å². The molecule has 0 saturated carbocycles. The number of unbranched alkanes of at least 4 members (excludes halogenated alkanes) is 1. The highest BCUT2D eigenvalue weighted by atomic mass is 32.2. The van der Waals surface area contributed by atoms with Gasteiger partial charge in [-0.1, -0.05) is 58.0 Å². The second-order valence-electron chi connectivity index (χ2n) is 6.35. The van der Waals surface area contributed by atoms with E-state index in [0.29, 0.717) is 5.75 Å². The van der Waals surface area contributed by atoms with Crippen molar-refractivity contribution in [2.75, 3.05) is 5.75 Å². The third-order valence-electron chi connectivity index (χ3n) is 3.52. The number of ketones is 1. The largest absolute Gasteiger partial charge is 0.319 e. The molecule has 0 aliphatic rings. The molecule has 0 unspecified atom stereocenters. The molecule has 3 nitrogen and oxygen atoms in total. The summed E-state index contributed by atoms with van der Waals surface area (Å²) in [5, 5.41) is 0.960. The van der Waals surface area contributed by atoms with Gasteiger partial charge >= 0.3 is 0 Å². The number of imidazole rings is 1. The van der Waals surface area contributed by atoms with Gasteiger partial charge in [-0.15, -0.1) is 0 Å². The Morgan fingerprint density at radius 1 is 1.29 bits per heavy atom. The zero-order valence-electron chi connectivity index (χ0n) is 13.3. The van der Waals surface area contributed by atoms with Crippen molar-refractivity contribution in [1.29, 1.82) is 0 Å². The highest BCUT2D eigenvalue weighted by Crippen LogP contribution is 2.27. The van der Waals surface area contributed by atoms with Crippen molar-refractivity contribution in [2.24, 2.45) is 5.41 Å². The number of aryl methyl sites for hydroxylation is 1. The van der Waals surface area contributed by atoms with Crippen LogP contribution in [0.15, 0.2) is 29.4 Å². The van der Waals surface area contributed by atoms with Crippen molar-refractivity contribution in [2.45, 2.75) is 52.2 Å². The van der Waals surface area contributed by atoms with Crippen molar-refractivity contribution >= 4 is 28.6 Å². The quantitative estimate of drug-likeness (QED) is 0.735. The topological polar surface area (TPSA) is 34.9 Å². The molecule has 0 spiro atoms. The maximum absolute atomic E-state index is 12.1. The average molecular weight is 304 g/mol. The number of hydrogen-bond acceptors (Lipinski definition) is 3. The van der Waals surface area contributed by atoms with Gasteiger partial charge in [0.2, 0.25) is 0 Å². The van der Waals surface area contributed by atoms with Crippen LogP contribution in [0.4, 0.5) is 0 Å². The van der Waals surface area contributed by atoms with Gasteiger partial charge in [-0.05, 0) is 18.6 Å². The number of fused-ring (bicyclic) bond motifs is 1. The Kier molecular flexibility index (Phi) is 5.09. The van der Waals surface area contributed by atoms with Gasteiger partial charge in [0, 0.05) is 12.0 Å². The molecule has 0 N–H and O–H groups in total. The van der Waals surface area contributed by atoms with Crippen LogP contribution in [0, 0.1) is 5.41 Å². The van der Waals surface area contributed by atoms with Gasteiger partial charge in [-0.3, -0.25) is 4.79 Å². The monoisotopic (exact) mass is 304 g/mol. The average Bonchev–Trinajstić information content (AvgIpc) is 2.79. The predicted molar refractivity (Wildman–Crippen MR) is 89.8 cm³/mol. The Labute approximate surface area is 131 Å². The van der Waals surface area contributed by atoms with Crippen molar-refractivity contribution in [3.05, 3.63) is 24.3 Å². The van der Waals surface area contributed by atoms with Crippen LogP contribution in [-0.2, 0) is 11.3 Å². The first-order chi connectivity index (χ1) is 9.93. The van der Waals surface area contributed by atoms with E-state index in [2.05, 4.69) is 17.6 Å². The van der Waals surface area contributed by atoms with E-state index in [0.717, 1.165) is 35.6 Å². The molecule has 0 aliphatic heterocycles. The van der Waals surface area contributed by atoms with E-state index in [1.165, 1.54) is 0 Å². The first-order valence-electron chi connectivity index (χ1n) is 7.55. The lowest BCUT2D eigenvalue weighted by atomic mass is 9.92. The lowest BCUT2D eigenvalue weighted by Gasteiger charge is -2.16. The molecule has 1 heterocycles. The molecule has 2 aromatic rings. The number of aromatic nitrogens is 2. The van der Waals surface area contributed by atoms with Crippen molar-refractivity contribution in [3.63, 3.8) is 0 Å². The standard InChI is InChI=1S/C17H24N2OS/c1-5-6-11-19-14-10-8-7-9-13(14)18-16(19)21-12-15(20)17(2,3)4/h7-10H,5-6,11-12H2,1-4H3. The first kappa shape index (κ1) is 16.1. The van der Waals surface area contributed by atoms with Gasteiger partial charge in [0.15, 0.2) is 5.16 Å². The molecule has 1 aromatic carbocycles. The molecule has 1 aromatic heterocycles. The number of rotatable bonds is 6. The minimum atomic E-state index is -0.284. The number of Topliss-reactive ketones (excluding diaryl/α,β-unsaturated/α-hetero) is 1. The van der Waals surface area contributed by atoms with Crippen LogP contribution >= 0.6 is 11.8 Å². The maximum Gasteiger partial charge on any atom is 0.169 e. The molecule has 114 valence electrons. The van der Waals surface area contributed by atoms with Gasteiger partial charge in [0.05, 0.1) is 16.8 Å². The third kappa shape index (κ3) is 3.88. The van der Waals surface area contributed by atoms with Crippen LogP contribution in [0.1, 0.15) is 40.5 Å². The van der Waals surface area contributed by atoms with Gasteiger partial charge < -0.3 is 4.57 Å². The van der Waals surface area contributed by atoms with E-state index in [4.69, 9.17) is 4.98 Å². The van der Waals surface area contributed by atoms with Crippen molar-refractivity contribution in [1.82, 2.24) is 9.55 Å². The van der Waals surface area contributed by atoms with Crippen LogP contribution in [0.3, 0.4) is 0 Å². The fourth-order valence-corrected chi connectivity index (χ4v) is 3.24. The molecule has 0 fully saturated rings. The Morgan fingerprint density at radius 3 is 2.67 bits per heavy atom. The fraction of sp³-hybridized carbons (Fsp3) is 0.529. The molecule has 0 atom stereocenters. The lowest BCUT2D eigenvalue weighted by molar-refractivity contribution is -0.123. The third-order valence-corrected chi connectivity index (χ3v) is 4.50. The van der Waals surface area contributed by atoms with Gasteiger partial charge in [0.25, 0.3) is 0 Å². The zero-order valence-corrected chi connectivity index (χ0v) is 14.2. The van der Waals surface area contributed by atoms with Crippen LogP contribution in [0.2, 0.25) is 0 Å². The summed E-state index contributed by atoms with van der Waals surface area (Å²) in [5.41, 5.74) is 1.89. The number of carbonyl (C=O) groups is 1. The SMILES string of the molecule is CCCCn1c(SCC(=O)C(C)(C)C)nc2ccccc21. The second-order valence-corrected chi connectivity index (χ2v) is 7.29. The highest BCUT2D eigenvalue weighted by molar-refractivity contribution is 7.99. The normalized spacial score (nSPS) is 12.0. The summed E-state index contributed by atoms with van der Waals surface area (Å²) in [4.78, 5) is 16.8. The summed E-state index contributed by atoms with van der Waals surface area (Å²) in [6.07, 6.45) is 2.28. The molecule has 0 saturated heterocycles. The Balaban J connectivity index is 2.23. The molecular formula is C17H24N2OS. The van der Waals surface area contributed by atoms with E-state index in [1.54, 1.807) is 11.8 Å². The fourth-order valence-electron chi connectivity index (χ4n) is 2.04.